The summed E-state index contributed by atoms with van der Waals surface area (Å²) < 4.78 is 0. The fraction of sp³-hybridized carbons (Fsp3) is 0.500. The van der Waals surface area contributed by atoms with Crippen LogP contribution < -0.4 is 5.73 Å². The molecule has 0 spiro atoms. The Labute approximate surface area is 85.1 Å². The lowest BCUT2D eigenvalue weighted by atomic mass is 9.87. The molecule has 2 aliphatic heterocycles. The van der Waals surface area contributed by atoms with Gasteiger partial charge in [0, 0.05) is 5.03 Å². The number of nitrogens with two attached hydrogens (primary N) is 1. The Kier molecular flexibility index (Phi) is 2.01. The van der Waals surface area contributed by atoms with Gasteiger partial charge in [0.05, 0.1) is 6.04 Å². The van der Waals surface area contributed by atoms with Crippen LogP contribution in [0.3, 0.4) is 0 Å². The molecule has 0 bridgehead atoms. The van der Waals surface area contributed by atoms with E-state index in [1.165, 1.54) is 4.90 Å². The van der Waals surface area contributed by atoms with Crippen molar-refractivity contribution in [1.29, 1.82) is 0 Å². The highest BCUT2D eigenvalue weighted by Crippen LogP contribution is 2.36. The van der Waals surface area contributed by atoms with E-state index in [0.717, 1.165) is 0 Å². The van der Waals surface area contributed by atoms with Crippen LogP contribution in [0.4, 0.5) is 0 Å². The normalized spacial score (nSPS) is 31.3. The molecule has 0 saturated carbocycles. The number of carboxylic acid groups (broad SMARTS) is 1. The first-order valence-corrected chi connectivity index (χ1v) is 4.62. The summed E-state index contributed by atoms with van der Waals surface area (Å²) in [4.78, 5) is 23.3. The number of hydrogen-bond acceptors (Lipinski definition) is 3. The molecule has 6 heteroatoms. The zero-order valence-electron chi connectivity index (χ0n) is 7.24. The van der Waals surface area contributed by atoms with Gasteiger partial charge in [-0.1, -0.05) is 11.6 Å². The number of carbonyl (C=O) groups excluding carboxylic acids is 1. The van der Waals surface area contributed by atoms with Crippen molar-refractivity contribution in [3.05, 3.63) is 10.7 Å². The van der Waals surface area contributed by atoms with Crippen LogP contribution >= 0.6 is 11.6 Å². The quantitative estimate of drug-likeness (QED) is 0.598. The molecule has 5 nitrogen and oxygen atoms in total. The Morgan fingerprint density at radius 3 is 2.86 bits per heavy atom. The lowest BCUT2D eigenvalue weighted by Gasteiger charge is -2.47. The zero-order chi connectivity index (χ0) is 10.5. The van der Waals surface area contributed by atoms with Crippen molar-refractivity contribution >= 4 is 23.5 Å². The van der Waals surface area contributed by atoms with E-state index in [0.29, 0.717) is 12.8 Å². The average Bonchev–Trinajstić information content (AvgIpc) is 2.15. The second kappa shape index (κ2) is 2.96. The predicted octanol–water partition coefficient (Wildman–Crippen LogP) is -0.147. The third-order valence-corrected chi connectivity index (χ3v) is 3.00. The van der Waals surface area contributed by atoms with Crippen molar-refractivity contribution in [3.63, 3.8) is 0 Å². The van der Waals surface area contributed by atoms with E-state index in [2.05, 4.69) is 0 Å². The standard InChI is InChI=1S/C8H9ClN2O3/c9-3-1-2-4-5(10)7(12)11(4)6(3)8(13)14/h4-5H,1-2,10H2,(H,13,14)/t4-,5-/m0/s1. The number of aliphatic carboxylic acids is 1. The van der Waals surface area contributed by atoms with Gasteiger partial charge in [0.1, 0.15) is 11.7 Å². The van der Waals surface area contributed by atoms with Gasteiger partial charge in [-0.15, -0.1) is 0 Å². The van der Waals surface area contributed by atoms with Crippen molar-refractivity contribution in [2.75, 3.05) is 0 Å². The molecule has 0 unspecified atom stereocenters. The minimum Gasteiger partial charge on any atom is -0.477 e. The minimum absolute atomic E-state index is 0.102. The first kappa shape index (κ1) is 9.48. The van der Waals surface area contributed by atoms with Crippen molar-refractivity contribution in [1.82, 2.24) is 4.90 Å². The highest BCUT2D eigenvalue weighted by Gasteiger charge is 2.50. The molecule has 14 heavy (non-hydrogen) atoms. The van der Waals surface area contributed by atoms with Gasteiger partial charge in [0.2, 0.25) is 5.91 Å². The number of hydrogen-bond donors (Lipinski definition) is 2. The monoisotopic (exact) mass is 216 g/mol. The van der Waals surface area contributed by atoms with Crippen molar-refractivity contribution < 1.29 is 14.7 Å². The SMILES string of the molecule is N[C@@H]1C(=O)N2C(C(=O)O)=C(Cl)CC[C@@H]12. The van der Waals surface area contributed by atoms with Gasteiger partial charge in [-0.3, -0.25) is 9.69 Å². The number of β-lactam (4-membered cyclic amide) rings is 1. The number of fused-ring (bicyclic) bond motifs is 1. The molecule has 0 radical (unpaired) electrons. The van der Waals surface area contributed by atoms with Crippen LogP contribution in [0.15, 0.2) is 10.7 Å². The van der Waals surface area contributed by atoms with Crippen LogP contribution in [-0.4, -0.2) is 34.0 Å². The van der Waals surface area contributed by atoms with Gasteiger partial charge in [-0.2, -0.15) is 0 Å². The largest absolute Gasteiger partial charge is 0.477 e. The van der Waals surface area contributed by atoms with Crippen molar-refractivity contribution in [3.8, 4) is 0 Å². The molecule has 2 heterocycles. The summed E-state index contributed by atoms with van der Waals surface area (Å²) in [7, 11) is 0. The van der Waals surface area contributed by atoms with Crippen LogP contribution in [0.1, 0.15) is 12.8 Å². The maximum atomic E-state index is 11.3. The molecule has 2 aliphatic rings. The van der Waals surface area contributed by atoms with Gasteiger partial charge in [-0.05, 0) is 12.8 Å². The molecule has 3 N–H and O–H groups in total. The summed E-state index contributed by atoms with van der Waals surface area (Å²) in [6.45, 7) is 0. The van der Waals surface area contributed by atoms with E-state index >= 15 is 0 Å². The molecule has 1 amide bonds. The van der Waals surface area contributed by atoms with Gasteiger partial charge >= 0.3 is 5.97 Å². The summed E-state index contributed by atoms with van der Waals surface area (Å²) in [5.41, 5.74) is 5.43. The fourth-order valence-corrected chi connectivity index (χ4v) is 2.18. The molecule has 0 aliphatic carbocycles. The molecular formula is C8H9ClN2O3. The van der Waals surface area contributed by atoms with E-state index in [9.17, 15) is 9.59 Å². The van der Waals surface area contributed by atoms with Crippen LogP contribution in [0.5, 0.6) is 0 Å². The molecule has 0 aromatic rings. The molecule has 76 valence electrons. The summed E-state index contributed by atoms with van der Waals surface area (Å²) in [5.74, 6) is -1.52. The van der Waals surface area contributed by atoms with Crippen LogP contribution in [0.25, 0.3) is 0 Å². The summed E-state index contributed by atoms with van der Waals surface area (Å²) >= 11 is 5.75. The zero-order valence-corrected chi connectivity index (χ0v) is 7.99. The second-order valence-corrected chi connectivity index (χ2v) is 3.85. The average molecular weight is 217 g/mol. The Morgan fingerprint density at radius 2 is 2.29 bits per heavy atom. The second-order valence-electron chi connectivity index (χ2n) is 3.40. The van der Waals surface area contributed by atoms with Crippen molar-refractivity contribution in [2.24, 2.45) is 5.73 Å². The topological polar surface area (TPSA) is 83.6 Å². The summed E-state index contributed by atoms with van der Waals surface area (Å²) in [5, 5.41) is 9.09. The minimum atomic E-state index is -1.17. The number of halogens is 1. The third kappa shape index (κ3) is 1.06. The number of allylic oxidation sites excluding steroid dienone is 1. The highest BCUT2D eigenvalue weighted by molar-refractivity contribution is 6.32. The molecule has 2 atom stereocenters. The Bertz CT molecular complexity index is 352. The first-order valence-electron chi connectivity index (χ1n) is 4.24. The number of rotatable bonds is 1. The van der Waals surface area contributed by atoms with Gasteiger partial charge in [-0.25, -0.2) is 4.79 Å². The summed E-state index contributed by atoms with van der Waals surface area (Å²) in [6, 6.07) is -0.745. The molecule has 1 fully saturated rings. The highest BCUT2D eigenvalue weighted by atomic mass is 35.5. The summed E-state index contributed by atoms with van der Waals surface area (Å²) in [6.07, 6.45) is 1.12. The van der Waals surface area contributed by atoms with Crippen molar-refractivity contribution in [2.45, 2.75) is 24.9 Å². The van der Waals surface area contributed by atoms with Crippen LogP contribution in [-0.2, 0) is 9.59 Å². The molecule has 2 rings (SSSR count). The van der Waals surface area contributed by atoms with E-state index < -0.39 is 12.0 Å². The Balaban J connectivity index is 2.37. The molecule has 1 saturated heterocycles. The number of carboxylic acids is 1. The van der Waals surface area contributed by atoms with E-state index in [1.54, 1.807) is 0 Å². The molecular weight excluding hydrogens is 208 g/mol. The maximum absolute atomic E-state index is 11.3. The fourth-order valence-electron chi connectivity index (χ4n) is 1.89. The van der Waals surface area contributed by atoms with Gasteiger partial charge in [0.25, 0.3) is 0 Å². The van der Waals surface area contributed by atoms with E-state index in [4.69, 9.17) is 22.4 Å². The third-order valence-electron chi connectivity index (χ3n) is 2.63. The van der Waals surface area contributed by atoms with Gasteiger partial charge in [0.15, 0.2) is 0 Å². The Hall–Kier alpha value is -1.07. The van der Waals surface area contributed by atoms with Crippen LogP contribution in [0, 0.1) is 0 Å². The number of carbonyl (C=O) groups is 2. The smallest absolute Gasteiger partial charge is 0.353 e. The molecule has 0 aromatic carbocycles. The van der Waals surface area contributed by atoms with E-state index in [1.807, 2.05) is 0 Å². The predicted molar refractivity (Wildman–Crippen MR) is 48.4 cm³/mol. The number of nitrogens with zero attached hydrogens (tertiary/aromatic N) is 1. The van der Waals surface area contributed by atoms with Crippen LogP contribution in [0.2, 0.25) is 0 Å². The maximum Gasteiger partial charge on any atom is 0.353 e. The number of amides is 1. The Morgan fingerprint density at radius 1 is 1.64 bits per heavy atom. The lowest BCUT2D eigenvalue weighted by molar-refractivity contribution is -0.152. The first-order chi connectivity index (χ1) is 6.54. The molecule has 0 aromatic heterocycles. The van der Waals surface area contributed by atoms with E-state index in [-0.39, 0.29) is 22.7 Å². The lowest BCUT2D eigenvalue weighted by Crippen LogP contribution is -2.69. The van der Waals surface area contributed by atoms with Gasteiger partial charge < -0.3 is 10.8 Å².